The lowest BCUT2D eigenvalue weighted by Crippen LogP contribution is -1.97. The van der Waals surface area contributed by atoms with Gasteiger partial charge in [-0.05, 0) is 30.0 Å². The standard InChI is InChI=1S/C12H16O2/c1-3-11-10(7-5-9-13)6-4-8-12(11)14-2/h4,6,8-9H,3,5,7H2,1-2H3. The van der Waals surface area contributed by atoms with Crippen LogP contribution in [-0.2, 0) is 17.6 Å². The fourth-order valence-corrected chi connectivity index (χ4v) is 1.65. The molecular weight excluding hydrogens is 176 g/mol. The molecule has 0 radical (unpaired) electrons. The fraction of sp³-hybridized carbons (Fsp3) is 0.417. The van der Waals surface area contributed by atoms with E-state index < -0.39 is 0 Å². The highest BCUT2D eigenvalue weighted by Crippen LogP contribution is 2.23. The zero-order chi connectivity index (χ0) is 10.4. The lowest BCUT2D eigenvalue weighted by molar-refractivity contribution is -0.107. The summed E-state index contributed by atoms with van der Waals surface area (Å²) in [5.74, 6) is 0.927. The third kappa shape index (κ3) is 2.34. The summed E-state index contributed by atoms with van der Waals surface area (Å²) >= 11 is 0. The molecule has 1 aromatic rings. The van der Waals surface area contributed by atoms with Crippen molar-refractivity contribution in [1.82, 2.24) is 0 Å². The molecule has 0 aromatic heterocycles. The monoisotopic (exact) mass is 192 g/mol. The number of benzene rings is 1. The Morgan fingerprint density at radius 2 is 2.21 bits per heavy atom. The van der Waals surface area contributed by atoms with Gasteiger partial charge in [-0.3, -0.25) is 0 Å². The van der Waals surface area contributed by atoms with Crippen LogP contribution in [0.4, 0.5) is 0 Å². The third-order valence-corrected chi connectivity index (χ3v) is 2.34. The number of hydrogen-bond acceptors (Lipinski definition) is 2. The maximum absolute atomic E-state index is 10.3. The smallest absolute Gasteiger partial charge is 0.122 e. The number of carbonyl (C=O) groups is 1. The van der Waals surface area contributed by atoms with Crippen LogP contribution in [0.1, 0.15) is 24.5 Å². The molecule has 0 saturated carbocycles. The second kappa shape index (κ2) is 5.43. The van der Waals surface area contributed by atoms with Crippen molar-refractivity contribution in [1.29, 1.82) is 0 Å². The molecule has 0 fully saturated rings. The van der Waals surface area contributed by atoms with Gasteiger partial charge in [0, 0.05) is 6.42 Å². The molecule has 0 amide bonds. The van der Waals surface area contributed by atoms with Crippen LogP contribution in [0.5, 0.6) is 5.75 Å². The van der Waals surface area contributed by atoms with Crippen molar-refractivity contribution in [2.75, 3.05) is 7.11 Å². The summed E-state index contributed by atoms with van der Waals surface area (Å²) in [5, 5.41) is 0. The molecule has 2 nitrogen and oxygen atoms in total. The molecule has 76 valence electrons. The molecule has 0 N–H and O–H groups in total. The van der Waals surface area contributed by atoms with E-state index in [9.17, 15) is 4.79 Å². The summed E-state index contributed by atoms with van der Waals surface area (Å²) in [6, 6.07) is 5.99. The topological polar surface area (TPSA) is 26.3 Å². The van der Waals surface area contributed by atoms with Gasteiger partial charge in [-0.15, -0.1) is 0 Å². The molecule has 1 aromatic carbocycles. The van der Waals surface area contributed by atoms with Gasteiger partial charge in [0.15, 0.2) is 0 Å². The van der Waals surface area contributed by atoms with Gasteiger partial charge in [0.05, 0.1) is 7.11 Å². The SMILES string of the molecule is CCc1c(CCC=O)cccc1OC. The summed E-state index contributed by atoms with van der Waals surface area (Å²) in [5.41, 5.74) is 2.44. The number of aryl methyl sites for hydroxylation is 1. The molecule has 0 bridgehead atoms. The number of hydrogen-bond donors (Lipinski definition) is 0. The Hall–Kier alpha value is -1.31. The van der Waals surface area contributed by atoms with E-state index in [0.717, 1.165) is 24.9 Å². The minimum atomic E-state index is 0.583. The molecule has 0 aliphatic carbocycles. The Bertz CT molecular complexity index is 305. The van der Waals surface area contributed by atoms with Crippen molar-refractivity contribution in [2.24, 2.45) is 0 Å². The first-order valence-electron chi connectivity index (χ1n) is 4.91. The van der Waals surface area contributed by atoms with Crippen molar-refractivity contribution in [3.8, 4) is 5.75 Å². The Labute approximate surface area is 84.9 Å². The molecule has 0 aliphatic rings. The number of aldehydes is 1. The van der Waals surface area contributed by atoms with Crippen LogP contribution in [-0.4, -0.2) is 13.4 Å². The van der Waals surface area contributed by atoms with Crippen LogP contribution in [0.15, 0.2) is 18.2 Å². The third-order valence-electron chi connectivity index (χ3n) is 2.34. The number of methoxy groups -OCH3 is 1. The van der Waals surface area contributed by atoms with Gasteiger partial charge in [-0.1, -0.05) is 19.1 Å². The lowest BCUT2D eigenvalue weighted by atomic mass is 10.0. The molecular formula is C12H16O2. The molecule has 2 heteroatoms. The molecule has 0 atom stereocenters. The van der Waals surface area contributed by atoms with Crippen LogP contribution in [0.3, 0.4) is 0 Å². The molecule has 0 aliphatic heterocycles. The number of carbonyl (C=O) groups excluding carboxylic acids is 1. The van der Waals surface area contributed by atoms with Gasteiger partial charge >= 0.3 is 0 Å². The van der Waals surface area contributed by atoms with E-state index in [1.807, 2.05) is 12.1 Å². The quantitative estimate of drug-likeness (QED) is 0.669. The van der Waals surface area contributed by atoms with Gasteiger partial charge in [0.2, 0.25) is 0 Å². The minimum absolute atomic E-state index is 0.583. The van der Waals surface area contributed by atoms with E-state index in [1.54, 1.807) is 7.11 Å². The van der Waals surface area contributed by atoms with Crippen LogP contribution < -0.4 is 4.74 Å². The average molecular weight is 192 g/mol. The lowest BCUT2D eigenvalue weighted by Gasteiger charge is -2.11. The Kier molecular flexibility index (Phi) is 4.17. The van der Waals surface area contributed by atoms with Crippen LogP contribution in [0.2, 0.25) is 0 Å². The first-order valence-corrected chi connectivity index (χ1v) is 4.91. The zero-order valence-corrected chi connectivity index (χ0v) is 8.75. The van der Waals surface area contributed by atoms with Gasteiger partial charge in [0.25, 0.3) is 0 Å². The summed E-state index contributed by atoms with van der Waals surface area (Å²) < 4.78 is 5.27. The summed E-state index contributed by atoms with van der Waals surface area (Å²) in [6.45, 7) is 2.10. The van der Waals surface area contributed by atoms with Crippen LogP contribution >= 0.6 is 0 Å². The normalized spacial score (nSPS) is 9.86. The largest absolute Gasteiger partial charge is 0.496 e. The van der Waals surface area contributed by atoms with Crippen LogP contribution in [0, 0.1) is 0 Å². The van der Waals surface area contributed by atoms with Crippen molar-refractivity contribution >= 4 is 6.29 Å². The van der Waals surface area contributed by atoms with Crippen molar-refractivity contribution in [3.63, 3.8) is 0 Å². The maximum Gasteiger partial charge on any atom is 0.122 e. The highest BCUT2D eigenvalue weighted by molar-refractivity contribution is 5.51. The Morgan fingerprint density at radius 3 is 2.79 bits per heavy atom. The highest BCUT2D eigenvalue weighted by Gasteiger charge is 2.05. The predicted octanol–water partition coefficient (Wildman–Crippen LogP) is 2.39. The summed E-state index contributed by atoms with van der Waals surface area (Å²) in [6.07, 6.45) is 3.29. The van der Waals surface area contributed by atoms with Crippen molar-refractivity contribution in [2.45, 2.75) is 26.2 Å². The number of ether oxygens (including phenoxy) is 1. The van der Waals surface area contributed by atoms with E-state index in [0.29, 0.717) is 6.42 Å². The van der Waals surface area contributed by atoms with Crippen molar-refractivity contribution < 1.29 is 9.53 Å². The van der Waals surface area contributed by atoms with Gasteiger partial charge in [-0.25, -0.2) is 0 Å². The van der Waals surface area contributed by atoms with E-state index in [2.05, 4.69) is 13.0 Å². The average Bonchev–Trinajstić information content (AvgIpc) is 2.25. The van der Waals surface area contributed by atoms with E-state index in [1.165, 1.54) is 11.1 Å². The van der Waals surface area contributed by atoms with Gasteiger partial charge < -0.3 is 9.53 Å². The first-order chi connectivity index (χ1) is 6.83. The maximum atomic E-state index is 10.3. The van der Waals surface area contributed by atoms with E-state index in [-0.39, 0.29) is 0 Å². The predicted molar refractivity (Wildman–Crippen MR) is 56.8 cm³/mol. The molecule has 1 rings (SSSR count). The molecule has 0 unspecified atom stereocenters. The van der Waals surface area contributed by atoms with E-state index in [4.69, 9.17) is 4.74 Å². The van der Waals surface area contributed by atoms with Gasteiger partial charge in [-0.2, -0.15) is 0 Å². The van der Waals surface area contributed by atoms with Crippen molar-refractivity contribution in [3.05, 3.63) is 29.3 Å². The summed E-state index contributed by atoms with van der Waals surface area (Å²) in [4.78, 5) is 10.3. The zero-order valence-electron chi connectivity index (χ0n) is 8.75. The van der Waals surface area contributed by atoms with Gasteiger partial charge in [0.1, 0.15) is 12.0 Å². The van der Waals surface area contributed by atoms with Crippen LogP contribution in [0.25, 0.3) is 0 Å². The molecule has 0 saturated heterocycles. The molecule has 0 spiro atoms. The fourth-order valence-electron chi connectivity index (χ4n) is 1.65. The second-order valence-corrected chi connectivity index (χ2v) is 3.16. The minimum Gasteiger partial charge on any atom is -0.496 e. The Morgan fingerprint density at radius 1 is 1.43 bits per heavy atom. The molecule has 14 heavy (non-hydrogen) atoms. The summed E-state index contributed by atoms with van der Waals surface area (Å²) in [7, 11) is 1.68. The first kappa shape index (κ1) is 10.8. The Balaban J connectivity index is 2.95. The van der Waals surface area contributed by atoms with E-state index >= 15 is 0 Å². The number of rotatable bonds is 5. The second-order valence-electron chi connectivity index (χ2n) is 3.16. The highest BCUT2D eigenvalue weighted by atomic mass is 16.5. The molecule has 0 heterocycles.